The van der Waals surface area contributed by atoms with Crippen molar-refractivity contribution in [1.29, 1.82) is 0 Å². The zero-order chi connectivity index (χ0) is 12.7. The fourth-order valence-corrected chi connectivity index (χ4v) is 1.25. The molecule has 5 heteroatoms. The van der Waals surface area contributed by atoms with Crippen LogP contribution in [0.15, 0.2) is 24.3 Å². The number of hydrogen-bond donors (Lipinski definition) is 1. The number of likely N-dealkylation sites (N-methyl/N-ethyl adjacent to an activating group) is 1. The van der Waals surface area contributed by atoms with Crippen molar-refractivity contribution in [3.8, 4) is 5.75 Å². The molecule has 0 bridgehead atoms. The van der Waals surface area contributed by atoms with E-state index >= 15 is 0 Å². The van der Waals surface area contributed by atoms with Gasteiger partial charge >= 0.3 is 5.97 Å². The number of nitrogens with one attached hydrogen (secondary N) is 1. The van der Waals surface area contributed by atoms with E-state index in [1.807, 2.05) is 0 Å². The molecule has 0 saturated heterocycles. The first-order valence-electron chi connectivity index (χ1n) is 5.40. The molecule has 0 amide bonds. The van der Waals surface area contributed by atoms with Crippen LogP contribution in [0.1, 0.15) is 6.92 Å². The second-order valence-electron chi connectivity index (χ2n) is 3.33. The highest BCUT2D eigenvalue weighted by molar-refractivity contribution is 5.75. The van der Waals surface area contributed by atoms with Gasteiger partial charge in [-0.2, -0.15) is 0 Å². The number of carbonyl (C=O) groups excluding carboxylic acids is 1. The lowest BCUT2D eigenvalue weighted by molar-refractivity contribution is -0.146. The third-order valence-electron chi connectivity index (χ3n) is 2.16. The summed E-state index contributed by atoms with van der Waals surface area (Å²) in [5.41, 5.74) is 0. The van der Waals surface area contributed by atoms with Crippen LogP contribution < -0.4 is 10.1 Å². The maximum atomic E-state index is 13.2. The Morgan fingerprint density at radius 1 is 1.47 bits per heavy atom. The Balaban J connectivity index is 2.53. The minimum atomic E-state index is -0.602. The molecular weight excluding hydrogens is 225 g/mol. The highest BCUT2D eigenvalue weighted by Gasteiger charge is 2.18. The van der Waals surface area contributed by atoms with Crippen molar-refractivity contribution in [3.63, 3.8) is 0 Å². The standard InChI is InChI=1S/C12H16FNO3/c1-3-16-12(15)10(14-2)8-17-11-7-5-4-6-9(11)13/h4-7,10,14H,3,8H2,1-2H3. The van der Waals surface area contributed by atoms with E-state index in [2.05, 4.69) is 5.32 Å². The maximum Gasteiger partial charge on any atom is 0.326 e. The van der Waals surface area contributed by atoms with Crippen molar-refractivity contribution in [3.05, 3.63) is 30.1 Å². The molecule has 1 N–H and O–H groups in total. The molecule has 0 heterocycles. The quantitative estimate of drug-likeness (QED) is 0.764. The molecule has 0 fully saturated rings. The van der Waals surface area contributed by atoms with E-state index in [1.165, 1.54) is 12.1 Å². The second-order valence-corrected chi connectivity index (χ2v) is 3.33. The van der Waals surface area contributed by atoms with Gasteiger partial charge in [0.05, 0.1) is 6.61 Å². The topological polar surface area (TPSA) is 47.6 Å². The summed E-state index contributed by atoms with van der Waals surface area (Å²) in [6.45, 7) is 2.05. The monoisotopic (exact) mass is 241 g/mol. The van der Waals surface area contributed by atoms with Gasteiger partial charge in [0.1, 0.15) is 12.6 Å². The van der Waals surface area contributed by atoms with Crippen LogP contribution >= 0.6 is 0 Å². The fourth-order valence-electron chi connectivity index (χ4n) is 1.25. The number of para-hydroxylation sites is 1. The first-order valence-corrected chi connectivity index (χ1v) is 5.40. The zero-order valence-corrected chi connectivity index (χ0v) is 9.90. The average molecular weight is 241 g/mol. The summed E-state index contributed by atoms with van der Waals surface area (Å²) >= 11 is 0. The SMILES string of the molecule is CCOC(=O)C(COc1ccccc1F)NC. The van der Waals surface area contributed by atoms with Crippen LogP contribution in [0, 0.1) is 5.82 Å². The highest BCUT2D eigenvalue weighted by Crippen LogP contribution is 2.15. The van der Waals surface area contributed by atoms with E-state index in [4.69, 9.17) is 9.47 Å². The molecule has 1 unspecified atom stereocenters. The lowest BCUT2D eigenvalue weighted by atomic mass is 10.3. The summed E-state index contributed by atoms with van der Waals surface area (Å²) in [4.78, 5) is 11.4. The smallest absolute Gasteiger partial charge is 0.326 e. The van der Waals surface area contributed by atoms with Gasteiger partial charge in [-0.3, -0.25) is 4.79 Å². The molecule has 0 spiro atoms. The Kier molecular flexibility index (Phi) is 5.42. The van der Waals surface area contributed by atoms with E-state index in [0.717, 1.165) is 0 Å². The number of hydrogen-bond acceptors (Lipinski definition) is 4. The molecule has 94 valence electrons. The lowest BCUT2D eigenvalue weighted by Crippen LogP contribution is -2.40. The first-order chi connectivity index (χ1) is 8.19. The number of ether oxygens (including phenoxy) is 2. The van der Waals surface area contributed by atoms with Gasteiger partial charge < -0.3 is 14.8 Å². The lowest BCUT2D eigenvalue weighted by Gasteiger charge is -2.15. The average Bonchev–Trinajstić information content (AvgIpc) is 2.32. The molecule has 1 rings (SSSR count). The summed E-state index contributed by atoms with van der Waals surface area (Å²) in [7, 11) is 1.62. The molecule has 0 aliphatic rings. The minimum absolute atomic E-state index is 0.0241. The van der Waals surface area contributed by atoms with Crippen LogP contribution in [-0.4, -0.2) is 32.3 Å². The normalized spacial score (nSPS) is 11.9. The zero-order valence-electron chi connectivity index (χ0n) is 9.90. The molecule has 1 aromatic rings. The Hall–Kier alpha value is -1.62. The third kappa shape index (κ3) is 4.03. The Morgan fingerprint density at radius 2 is 2.18 bits per heavy atom. The number of benzene rings is 1. The molecule has 1 aromatic carbocycles. The van der Waals surface area contributed by atoms with Crippen molar-refractivity contribution in [1.82, 2.24) is 5.32 Å². The van der Waals surface area contributed by atoms with Crippen molar-refractivity contribution < 1.29 is 18.7 Å². The Morgan fingerprint density at radius 3 is 2.76 bits per heavy atom. The largest absolute Gasteiger partial charge is 0.488 e. The van der Waals surface area contributed by atoms with Crippen molar-refractivity contribution >= 4 is 5.97 Å². The summed E-state index contributed by atoms with van der Waals surface area (Å²) < 4.78 is 23.3. The molecule has 0 saturated carbocycles. The number of carbonyl (C=O) groups is 1. The van der Waals surface area contributed by atoms with Gasteiger partial charge in [-0.25, -0.2) is 4.39 Å². The van der Waals surface area contributed by atoms with Crippen LogP contribution in [-0.2, 0) is 9.53 Å². The van der Waals surface area contributed by atoms with Gasteiger partial charge in [0.2, 0.25) is 0 Å². The predicted octanol–water partition coefficient (Wildman–Crippen LogP) is 1.36. The minimum Gasteiger partial charge on any atom is -0.488 e. The van der Waals surface area contributed by atoms with E-state index < -0.39 is 17.8 Å². The van der Waals surface area contributed by atoms with E-state index in [9.17, 15) is 9.18 Å². The Bertz CT molecular complexity index is 371. The highest BCUT2D eigenvalue weighted by atomic mass is 19.1. The summed E-state index contributed by atoms with van der Waals surface area (Å²) in [5.74, 6) is -0.741. The van der Waals surface area contributed by atoms with Crippen molar-refractivity contribution in [2.45, 2.75) is 13.0 Å². The fraction of sp³-hybridized carbons (Fsp3) is 0.417. The van der Waals surface area contributed by atoms with Gasteiger partial charge in [0, 0.05) is 0 Å². The predicted molar refractivity (Wildman–Crippen MR) is 61.4 cm³/mol. The number of rotatable bonds is 6. The van der Waals surface area contributed by atoms with Crippen molar-refractivity contribution in [2.75, 3.05) is 20.3 Å². The van der Waals surface area contributed by atoms with Crippen LogP contribution in [0.4, 0.5) is 4.39 Å². The van der Waals surface area contributed by atoms with Gasteiger partial charge in [0.15, 0.2) is 11.6 Å². The summed E-state index contributed by atoms with van der Waals surface area (Å²) in [6.07, 6.45) is 0. The third-order valence-corrected chi connectivity index (χ3v) is 2.16. The molecule has 17 heavy (non-hydrogen) atoms. The molecule has 0 radical (unpaired) electrons. The second kappa shape index (κ2) is 6.85. The van der Waals surface area contributed by atoms with Crippen molar-refractivity contribution in [2.24, 2.45) is 0 Å². The van der Waals surface area contributed by atoms with Gasteiger partial charge in [-0.1, -0.05) is 12.1 Å². The van der Waals surface area contributed by atoms with E-state index in [0.29, 0.717) is 6.61 Å². The number of esters is 1. The molecule has 4 nitrogen and oxygen atoms in total. The van der Waals surface area contributed by atoms with E-state index in [-0.39, 0.29) is 12.4 Å². The molecular formula is C12H16FNO3. The molecule has 0 aliphatic heterocycles. The Labute approximate surface area is 99.7 Å². The van der Waals surface area contributed by atoms with Crippen LogP contribution in [0.25, 0.3) is 0 Å². The van der Waals surface area contributed by atoms with Crippen LogP contribution in [0.5, 0.6) is 5.75 Å². The van der Waals surface area contributed by atoms with Gasteiger partial charge in [0.25, 0.3) is 0 Å². The van der Waals surface area contributed by atoms with Crippen LogP contribution in [0.3, 0.4) is 0 Å². The molecule has 1 atom stereocenters. The molecule has 0 aliphatic carbocycles. The van der Waals surface area contributed by atoms with E-state index in [1.54, 1.807) is 26.1 Å². The summed E-state index contributed by atoms with van der Waals surface area (Å²) in [5, 5.41) is 2.75. The van der Waals surface area contributed by atoms with Gasteiger partial charge in [-0.15, -0.1) is 0 Å². The number of halogens is 1. The summed E-state index contributed by atoms with van der Waals surface area (Å²) in [6, 6.07) is 5.44. The van der Waals surface area contributed by atoms with Crippen LogP contribution in [0.2, 0.25) is 0 Å². The van der Waals surface area contributed by atoms with Gasteiger partial charge in [-0.05, 0) is 26.1 Å². The maximum absolute atomic E-state index is 13.2. The first kappa shape index (κ1) is 13.4. The molecule has 0 aromatic heterocycles.